The van der Waals surface area contributed by atoms with E-state index in [2.05, 4.69) is 16.8 Å². The van der Waals surface area contributed by atoms with Gasteiger partial charge in [-0.25, -0.2) is 0 Å². The van der Waals surface area contributed by atoms with Gasteiger partial charge in [0.25, 0.3) is 0 Å². The van der Waals surface area contributed by atoms with E-state index in [9.17, 15) is 0 Å². The fourth-order valence-corrected chi connectivity index (χ4v) is 2.42. The molecule has 2 N–H and O–H groups in total. The highest BCUT2D eigenvalue weighted by Gasteiger charge is 2.28. The molecular weight excluding hydrogens is 186 g/mol. The Morgan fingerprint density at radius 3 is 2.73 bits per heavy atom. The van der Waals surface area contributed by atoms with Crippen LogP contribution in [-0.4, -0.2) is 55.6 Å². The Labute approximate surface area is 93.6 Å². The maximum atomic E-state index is 6.13. The van der Waals surface area contributed by atoms with Gasteiger partial charge in [-0.2, -0.15) is 0 Å². The molecule has 3 nitrogen and oxygen atoms in total. The first-order chi connectivity index (χ1) is 7.25. The van der Waals surface area contributed by atoms with Crippen molar-refractivity contribution in [1.82, 2.24) is 9.80 Å². The van der Waals surface area contributed by atoms with Crippen LogP contribution >= 0.6 is 0 Å². The Hall–Kier alpha value is -0.120. The van der Waals surface area contributed by atoms with Gasteiger partial charge in [0.1, 0.15) is 0 Å². The molecule has 1 heterocycles. The van der Waals surface area contributed by atoms with Crippen molar-refractivity contribution < 1.29 is 0 Å². The minimum absolute atomic E-state index is 0.478. The van der Waals surface area contributed by atoms with Crippen LogP contribution in [0.15, 0.2) is 0 Å². The summed E-state index contributed by atoms with van der Waals surface area (Å²) >= 11 is 0. The normalized spacial score (nSPS) is 27.6. The van der Waals surface area contributed by atoms with E-state index in [0.717, 1.165) is 5.92 Å². The molecule has 0 aromatic rings. The van der Waals surface area contributed by atoms with Gasteiger partial charge in [0, 0.05) is 19.1 Å². The number of hydrogen-bond donors (Lipinski definition) is 1. The van der Waals surface area contributed by atoms with Crippen LogP contribution in [0.2, 0.25) is 0 Å². The van der Waals surface area contributed by atoms with Crippen molar-refractivity contribution in [1.29, 1.82) is 0 Å². The molecule has 0 aromatic heterocycles. The SMILES string of the molecule is CN1CCCN(CCC(N)C2CC2)CC1. The Morgan fingerprint density at radius 2 is 2.00 bits per heavy atom. The zero-order valence-corrected chi connectivity index (χ0v) is 9.99. The van der Waals surface area contributed by atoms with Crippen LogP contribution in [0.1, 0.15) is 25.7 Å². The van der Waals surface area contributed by atoms with Crippen molar-refractivity contribution in [2.75, 3.05) is 39.8 Å². The van der Waals surface area contributed by atoms with Crippen molar-refractivity contribution in [3.8, 4) is 0 Å². The van der Waals surface area contributed by atoms with Crippen LogP contribution in [0, 0.1) is 5.92 Å². The van der Waals surface area contributed by atoms with Gasteiger partial charge in [0.2, 0.25) is 0 Å². The first-order valence-corrected chi connectivity index (χ1v) is 6.42. The molecule has 88 valence electrons. The standard InChI is InChI=1S/C12H25N3/c1-14-6-2-7-15(10-9-14)8-5-12(13)11-3-4-11/h11-12H,2-10,13H2,1H3. The average molecular weight is 211 g/mol. The number of likely N-dealkylation sites (N-methyl/N-ethyl adjacent to an activating group) is 1. The van der Waals surface area contributed by atoms with Crippen LogP contribution < -0.4 is 5.73 Å². The number of nitrogens with two attached hydrogens (primary N) is 1. The maximum Gasteiger partial charge on any atom is 0.0109 e. The lowest BCUT2D eigenvalue weighted by molar-refractivity contribution is 0.263. The van der Waals surface area contributed by atoms with Gasteiger partial charge < -0.3 is 15.5 Å². The van der Waals surface area contributed by atoms with E-state index in [1.165, 1.54) is 58.4 Å². The summed E-state index contributed by atoms with van der Waals surface area (Å²) in [5.74, 6) is 0.861. The molecule has 0 radical (unpaired) electrons. The van der Waals surface area contributed by atoms with E-state index in [0.29, 0.717) is 6.04 Å². The number of hydrogen-bond acceptors (Lipinski definition) is 3. The maximum absolute atomic E-state index is 6.13. The van der Waals surface area contributed by atoms with Crippen molar-refractivity contribution in [3.63, 3.8) is 0 Å². The van der Waals surface area contributed by atoms with Gasteiger partial charge in [-0.05, 0) is 58.3 Å². The molecule has 0 aromatic carbocycles. The van der Waals surface area contributed by atoms with Gasteiger partial charge in [-0.15, -0.1) is 0 Å². The lowest BCUT2D eigenvalue weighted by atomic mass is 10.1. The molecule has 0 amide bonds. The number of nitrogens with zero attached hydrogens (tertiary/aromatic N) is 2. The minimum atomic E-state index is 0.478. The quantitative estimate of drug-likeness (QED) is 0.745. The summed E-state index contributed by atoms with van der Waals surface area (Å²) in [6.07, 6.45) is 5.28. The van der Waals surface area contributed by atoms with E-state index in [1.807, 2.05) is 0 Å². The van der Waals surface area contributed by atoms with Crippen molar-refractivity contribution in [2.45, 2.75) is 31.7 Å². The van der Waals surface area contributed by atoms with Crippen LogP contribution in [0.25, 0.3) is 0 Å². The molecule has 0 spiro atoms. The van der Waals surface area contributed by atoms with Crippen LogP contribution in [0.4, 0.5) is 0 Å². The van der Waals surface area contributed by atoms with Crippen LogP contribution in [0.5, 0.6) is 0 Å². The zero-order chi connectivity index (χ0) is 10.7. The molecule has 3 heteroatoms. The predicted octanol–water partition coefficient (Wildman–Crippen LogP) is 0.751. The fraction of sp³-hybridized carbons (Fsp3) is 1.00. The second-order valence-corrected chi connectivity index (χ2v) is 5.29. The molecule has 15 heavy (non-hydrogen) atoms. The highest BCUT2D eigenvalue weighted by molar-refractivity contribution is 4.84. The van der Waals surface area contributed by atoms with Crippen molar-refractivity contribution in [3.05, 3.63) is 0 Å². The second-order valence-electron chi connectivity index (χ2n) is 5.29. The summed E-state index contributed by atoms with van der Waals surface area (Å²) in [6.45, 7) is 6.19. The average Bonchev–Trinajstić information content (AvgIpc) is 3.02. The molecule has 2 rings (SSSR count). The smallest absolute Gasteiger partial charge is 0.0109 e. The molecule has 1 saturated heterocycles. The molecule has 1 aliphatic carbocycles. The Kier molecular flexibility index (Phi) is 4.00. The summed E-state index contributed by atoms with van der Waals surface area (Å²) in [5.41, 5.74) is 6.13. The van der Waals surface area contributed by atoms with Gasteiger partial charge >= 0.3 is 0 Å². The minimum Gasteiger partial charge on any atom is -0.327 e. The Balaban J connectivity index is 1.64. The first kappa shape index (κ1) is 11.4. The van der Waals surface area contributed by atoms with E-state index in [4.69, 9.17) is 5.73 Å². The lowest BCUT2D eigenvalue weighted by Gasteiger charge is -2.21. The molecular formula is C12H25N3. The van der Waals surface area contributed by atoms with Crippen molar-refractivity contribution >= 4 is 0 Å². The third-order valence-corrected chi connectivity index (χ3v) is 3.82. The molecule has 2 aliphatic rings. The Bertz CT molecular complexity index is 191. The molecule has 1 aliphatic heterocycles. The van der Waals surface area contributed by atoms with Gasteiger partial charge in [0.05, 0.1) is 0 Å². The summed E-state index contributed by atoms with van der Waals surface area (Å²) < 4.78 is 0. The summed E-state index contributed by atoms with van der Waals surface area (Å²) in [7, 11) is 2.22. The summed E-state index contributed by atoms with van der Waals surface area (Å²) in [5, 5.41) is 0. The third-order valence-electron chi connectivity index (χ3n) is 3.82. The van der Waals surface area contributed by atoms with E-state index < -0.39 is 0 Å². The van der Waals surface area contributed by atoms with Crippen molar-refractivity contribution in [2.24, 2.45) is 11.7 Å². The zero-order valence-electron chi connectivity index (χ0n) is 9.99. The Morgan fingerprint density at radius 1 is 1.20 bits per heavy atom. The summed E-state index contributed by atoms with van der Waals surface area (Å²) in [6, 6.07) is 0.478. The number of rotatable bonds is 4. The molecule has 1 unspecified atom stereocenters. The lowest BCUT2D eigenvalue weighted by Crippen LogP contribution is -2.34. The molecule has 2 fully saturated rings. The molecule has 1 saturated carbocycles. The van der Waals surface area contributed by atoms with Gasteiger partial charge in [0.15, 0.2) is 0 Å². The second kappa shape index (κ2) is 5.28. The highest BCUT2D eigenvalue weighted by atomic mass is 15.2. The van der Waals surface area contributed by atoms with E-state index in [-0.39, 0.29) is 0 Å². The van der Waals surface area contributed by atoms with E-state index >= 15 is 0 Å². The van der Waals surface area contributed by atoms with E-state index in [1.54, 1.807) is 0 Å². The predicted molar refractivity (Wildman–Crippen MR) is 63.9 cm³/mol. The fourth-order valence-electron chi connectivity index (χ4n) is 2.42. The van der Waals surface area contributed by atoms with Gasteiger partial charge in [-0.3, -0.25) is 0 Å². The highest BCUT2D eigenvalue weighted by Crippen LogP contribution is 2.32. The molecule has 1 atom stereocenters. The molecule has 0 bridgehead atoms. The summed E-state index contributed by atoms with van der Waals surface area (Å²) in [4.78, 5) is 5.02. The van der Waals surface area contributed by atoms with Crippen LogP contribution in [-0.2, 0) is 0 Å². The topological polar surface area (TPSA) is 32.5 Å². The third kappa shape index (κ3) is 3.74. The van der Waals surface area contributed by atoms with Gasteiger partial charge in [-0.1, -0.05) is 0 Å². The van der Waals surface area contributed by atoms with Crippen LogP contribution in [0.3, 0.4) is 0 Å². The first-order valence-electron chi connectivity index (χ1n) is 6.42. The largest absolute Gasteiger partial charge is 0.327 e. The monoisotopic (exact) mass is 211 g/mol.